The Balaban J connectivity index is 2.19. The number of hydrogen-bond donors (Lipinski definition) is 2. The molecule has 0 saturated carbocycles. The van der Waals surface area contributed by atoms with Gasteiger partial charge in [0.1, 0.15) is 0 Å². The molecule has 1 aromatic carbocycles. The summed E-state index contributed by atoms with van der Waals surface area (Å²) in [5.41, 5.74) is 0.967. The fraction of sp³-hybridized carbons (Fsp3) is 0.571. The number of rotatable bonds is 4. The van der Waals surface area contributed by atoms with Gasteiger partial charge >= 0.3 is 0 Å². The Morgan fingerprint density at radius 2 is 2.11 bits per heavy atom. The molecule has 0 unspecified atom stereocenters. The molecule has 2 rings (SSSR count). The predicted molar refractivity (Wildman–Crippen MR) is 70.2 cm³/mol. The molecule has 0 aromatic heterocycles. The van der Waals surface area contributed by atoms with Crippen LogP contribution in [-0.2, 0) is 0 Å². The third kappa shape index (κ3) is 3.00. The molecule has 1 saturated heterocycles. The second-order valence-electron chi connectivity index (χ2n) is 4.80. The molecule has 1 heterocycles. The van der Waals surface area contributed by atoms with Crippen molar-refractivity contribution in [2.45, 2.75) is 25.8 Å². The van der Waals surface area contributed by atoms with Gasteiger partial charge in [0.2, 0.25) is 0 Å². The molecule has 0 spiro atoms. The number of benzene rings is 1. The maximum atomic E-state index is 13.5. The topological polar surface area (TPSA) is 35.5 Å². The molecule has 1 aliphatic heterocycles. The Kier molecular flexibility index (Phi) is 4.55. The van der Waals surface area contributed by atoms with Gasteiger partial charge in [-0.1, -0.05) is 19.4 Å². The van der Waals surface area contributed by atoms with E-state index in [4.69, 9.17) is 0 Å². The molecule has 1 aromatic rings. The van der Waals surface area contributed by atoms with Gasteiger partial charge in [-0.2, -0.15) is 0 Å². The first-order valence-electron chi connectivity index (χ1n) is 6.65. The van der Waals surface area contributed by atoms with Crippen LogP contribution in [0.5, 0.6) is 5.75 Å². The molecule has 1 atom stereocenters. The molecule has 0 radical (unpaired) electrons. The molecule has 0 bridgehead atoms. The summed E-state index contributed by atoms with van der Waals surface area (Å²) in [5.74, 6) is -0.793. The Morgan fingerprint density at radius 1 is 1.39 bits per heavy atom. The van der Waals surface area contributed by atoms with E-state index in [9.17, 15) is 9.50 Å². The summed E-state index contributed by atoms with van der Waals surface area (Å²) in [6, 6.07) is 5.01. The first kappa shape index (κ1) is 13.3. The lowest BCUT2D eigenvalue weighted by Crippen LogP contribution is -2.45. The van der Waals surface area contributed by atoms with E-state index in [1.54, 1.807) is 0 Å². The van der Waals surface area contributed by atoms with Gasteiger partial charge in [-0.15, -0.1) is 0 Å². The summed E-state index contributed by atoms with van der Waals surface area (Å²) in [6.07, 6.45) is 2.08. The molecule has 3 nitrogen and oxygen atoms in total. The number of phenols is 1. The van der Waals surface area contributed by atoms with Crippen molar-refractivity contribution in [3.63, 3.8) is 0 Å². The lowest BCUT2D eigenvalue weighted by atomic mass is 9.99. The molecule has 1 aliphatic rings. The van der Waals surface area contributed by atoms with E-state index >= 15 is 0 Å². The minimum atomic E-state index is -0.524. The van der Waals surface area contributed by atoms with Crippen LogP contribution in [0.25, 0.3) is 0 Å². The number of aromatic hydroxyl groups is 1. The zero-order chi connectivity index (χ0) is 13.0. The highest BCUT2D eigenvalue weighted by molar-refractivity contribution is 5.30. The van der Waals surface area contributed by atoms with Crippen LogP contribution in [0, 0.1) is 5.82 Å². The van der Waals surface area contributed by atoms with Gasteiger partial charge in [0.15, 0.2) is 11.6 Å². The van der Waals surface area contributed by atoms with Crippen molar-refractivity contribution >= 4 is 0 Å². The van der Waals surface area contributed by atoms with E-state index in [1.807, 2.05) is 6.07 Å². The summed E-state index contributed by atoms with van der Waals surface area (Å²) < 4.78 is 13.5. The van der Waals surface area contributed by atoms with Crippen LogP contribution in [0.2, 0.25) is 0 Å². The molecular formula is C14H21FN2O. The number of halogens is 1. The van der Waals surface area contributed by atoms with Gasteiger partial charge in [0.05, 0.1) is 0 Å². The zero-order valence-electron chi connectivity index (χ0n) is 10.8. The van der Waals surface area contributed by atoms with Crippen molar-refractivity contribution in [2.24, 2.45) is 0 Å². The Bertz CT molecular complexity index is 391. The monoisotopic (exact) mass is 252 g/mol. The smallest absolute Gasteiger partial charge is 0.165 e. The summed E-state index contributed by atoms with van der Waals surface area (Å²) >= 11 is 0. The first-order valence-corrected chi connectivity index (χ1v) is 6.65. The standard InChI is InChI=1S/C14H21FN2O/c1-2-3-13(17-8-6-16-7-9-17)11-4-5-14(18)12(15)10-11/h4-5,10,13,16,18H,2-3,6-9H2,1H3/t13-/m1/s1. The maximum absolute atomic E-state index is 13.5. The van der Waals surface area contributed by atoms with Crippen LogP contribution in [0.3, 0.4) is 0 Å². The molecular weight excluding hydrogens is 231 g/mol. The number of nitrogens with zero attached hydrogens (tertiary/aromatic N) is 1. The fourth-order valence-electron chi connectivity index (χ4n) is 2.56. The van der Waals surface area contributed by atoms with Crippen molar-refractivity contribution < 1.29 is 9.50 Å². The fourth-order valence-corrected chi connectivity index (χ4v) is 2.56. The summed E-state index contributed by atoms with van der Waals surface area (Å²) in [7, 11) is 0. The normalized spacial score (nSPS) is 18.8. The summed E-state index contributed by atoms with van der Waals surface area (Å²) in [5, 5.41) is 12.6. The van der Waals surface area contributed by atoms with Gasteiger partial charge in [-0.25, -0.2) is 4.39 Å². The molecule has 0 amide bonds. The van der Waals surface area contributed by atoms with Gasteiger partial charge in [-0.3, -0.25) is 4.90 Å². The van der Waals surface area contributed by atoms with Gasteiger partial charge in [0.25, 0.3) is 0 Å². The van der Waals surface area contributed by atoms with E-state index in [0.717, 1.165) is 44.6 Å². The third-order valence-corrected chi connectivity index (χ3v) is 3.51. The highest BCUT2D eigenvalue weighted by atomic mass is 19.1. The van der Waals surface area contributed by atoms with E-state index in [1.165, 1.54) is 12.1 Å². The highest BCUT2D eigenvalue weighted by Gasteiger charge is 2.22. The van der Waals surface area contributed by atoms with Crippen molar-refractivity contribution in [1.82, 2.24) is 10.2 Å². The summed E-state index contributed by atoms with van der Waals surface area (Å²) in [6.45, 7) is 6.11. The predicted octanol–water partition coefficient (Wildman–Crippen LogP) is 2.28. The Labute approximate surface area is 108 Å². The van der Waals surface area contributed by atoms with E-state index in [0.29, 0.717) is 0 Å². The molecule has 2 N–H and O–H groups in total. The van der Waals surface area contributed by atoms with Gasteiger partial charge in [0, 0.05) is 32.2 Å². The number of nitrogens with one attached hydrogen (secondary N) is 1. The molecule has 4 heteroatoms. The van der Waals surface area contributed by atoms with Crippen LogP contribution < -0.4 is 5.32 Å². The molecule has 1 fully saturated rings. The number of piperazine rings is 1. The van der Waals surface area contributed by atoms with Crippen molar-refractivity contribution in [1.29, 1.82) is 0 Å². The van der Waals surface area contributed by atoms with E-state index in [-0.39, 0.29) is 11.8 Å². The largest absolute Gasteiger partial charge is 0.505 e. The van der Waals surface area contributed by atoms with Crippen molar-refractivity contribution in [3.05, 3.63) is 29.6 Å². The Morgan fingerprint density at radius 3 is 2.72 bits per heavy atom. The lowest BCUT2D eigenvalue weighted by molar-refractivity contribution is 0.164. The minimum Gasteiger partial charge on any atom is -0.505 e. The summed E-state index contributed by atoms with van der Waals surface area (Å²) in [4.78, 5) is 2.39. The lowest BCUT2D eigenvalue weighted by Gasteiger charge is -2.35. The second-order valence-corrected chi connectivity index (χ2v) is 4.80. The van der Waals surface area contributed by atoms with E-state index < -0.39 is 5.82 Å². The zero-order valence-corrected chi connectivity index (χ0v) is 10.8. The van der Waals surface area contributed by atoms with Crippen LogP contribution in [0.4, 0.5) is 4.39 Å². The van der Waals surface area contributed by atoms with Crippen molar-refractivity contribution in [3.8, 4) is 5.75 Å². The molecule has 100 valence electrons. The van der Waals surface area contributed by atoms with Gasteiger partial charge < -0.3 is 10.4 Å². The average molecular weight is 252 g/mol. The number of hydrogen-bond acceptors (Lipinski definition) is 3. The van der Waals surface area contributed by atoms with Gasteiger partial charge in [-0.05, 0) is 24.1 Å². The third-order valence-electron chi connectivity index (χ3n) is 3.51. The SMILES string of the molecule is CCC[C@H](c1ccc(O)c(F)c1)N1CCNCC1. The van der Waals surface area contributed by atoms with Crippen LogP contribution >= 0.6 is 0 Å². The van der Waals surface area contributed by atoms with Crippen LogP contribution in [-0.4, -0.2) is 36.2 Å². The maximum Gasteiger partial charge on any atom is 0.165 e. The molecule has 18 heavy (non-hydrogen) atoms. The van der Waals surface area contributed by atoms with Crippen LogP contribution in [0.15, 0.2) is 18.2 Å². The van der Waals surface area contributed by atoms with Crippen molar-refractivity contribution in [2.75, 3.05) is 26.2 Å². The highest BCUT2D eigenvalue weighted by Crippen LogP contribution is 2.28. The minimum absolute atomic E-state index is 0.257. The number of phenolic OH excluding ortho intramolecular Hbond substituents is 1. The average Bonchev–Trinajstić information content (AvgIpc) is 2.40. The van der Waals surface area contributed by atoms with E-state index in [2.05, 4.69) is 17.1 Å². The van der Waals surface area contributed by atoms with Crippen LogP contribution in [0.1, 0.15) is 31.4 Å². The first-order chi connectivity index (χ1) is 8.72. The quantitative estimate of drug-likeness (QED) is 0.863. The Hall–Kier alpha value is -1.13. The molecule has 0 aliphatic carbocycles. The second kappa shape index (κ2) is 6.16.